The molecule has 8 heteroatoms. The van der Waals surface area contributed by atoms with Crippen molar-refractivity contribution in [3.05, 3.63) is 54.1 Å². The second kappa shape index (κ2) is 9.68. The minimum atomic E-state index is -0.290. The van der Waals surface area contributed by atoms with E-state index in [0.717, 1.165) is 11.3 Å². The first-order chi connectivity index (χ1) is 13.7. The molecular weight excluding hydrogens is 358 g/mol. The van der Waals surface area contributed by atoms with Gasteiger partial charge in [0, 0.05) is 50.0 Å². The number of anilines is 1. The molecule has 0 aromatic carbocycles. The predicted molar refractivity (Wildman–Crippen MR) is 105 cm³/mol. The Morgan fingerprint density at radius 1 is 1.25 bits per heavy atom. The Bertz CT molecular complexity index is 791. The van der Waals surface area contributed by atoms with E-state index in [1.165, 1.54) is 0 Å². The number of carbonyl (C=O) groups excluding carboxylic acids is 2. The zero-order valence-electron chi connectivity index (χ0n) is 15.9. The zero-order chi connectivity index (χ0) is 19.8. The van der Waals surface area contributed by atoms with Crippen LogP contribution in [0.5, 0.6) is 0 Å². The number of pyridine rings is 2. The molecule has 2 N–H and O–H groups in total. The third kappa shape index (κ3) is 5.42. The van der Waals surface area contributed by atoms with Gasteiger partial charge in [-0.2, -0.15) is 0 Å². The summed E-state index contributed by atoms with van der Waals surface area (Å²) in [5.41, 5.74) is 2.24. The summed E-state index contributed by atoms with van der Waals surface area (Å²) in [5.74, 6) is -0.209. The topological polar surface area (TPSA) is 96.5 Å². The average Bonchev–Trinajstić information content (AvgIpc) is 2.74. The lowest BCUT2D eigenvalue weighted by atomic mass is 10.1. The number of nitrogens with one attached hydrogen (secondary N) is 2. The average molecular weight is 383 g/mol. The molecule has 1 fully saturated rings. The summed E-state index contributed by atoms with van der Waals surface area (Å²) in [6.45, 7) is 3.92. The summed E-state index contributed by atoms with van der Waals surface area (Å²) >= 11 is 0. The van der Waals surface area contributed by atoms with Gasteiger partial charge >= 0.3 is 6.09 Å². The monoisotopic (exact) mass is 383 g/mol. The number of hydrogen-bond acceptors (Lipinski definition) is 6. The molecule has 0 bridgehead atoms. The Morgan fingerprint density at radius 2 is 2.07 bits per heavy atom. The summed E-state index contributed by atoms with van der Waals surface area (Å²) in [7, 11) is 0. The van der Waals surface area contributed by atoms with E-state index >= 15 is 0 Å². The zero-order valence-corrected chi connectivity index (χ0v) is 15.9. The lowest BCUT2D eigenvalue weighted by Gasteiger charge is -2.31. The number of carbonyl (C=O) groups is 2. The van der Waals surface area contributed by atoms with Gasteiger partial charge in [0.05, 0.1) is 6.61 Å². The highest BCUT2D eigenvalue weighted by molar-refractivity contribution is 5.93. The minimum absolute atomic E-state index is 0.0204. The number of nitrogens with zero attached hydrogens (tertiary/aromatic N) is 3. The molecule has 1 aliphatic rings. The van der Waals surface area contributed by atoms with Crippen LogP contribution in [0.1, 0.15) is 35.8 Å². The maximum Gasteiger partial charge on any atom is 0.409 e. The van der Waals surface area contributed by atoms with E-state index in [9.17, 15) is 9.59 Å². The summed E-state index contributed by atoms with van der Waals surface area (Å²) in [4.78, 5) is 34.2. The minimum Gasteiger partial charge on any atom is -0.450 e. The third-order valence-electron chi connectivity index (χ3n) is 4.57. The number of piperidine rings is 1. The summed E-state index contributed by atoms with van der Waals surface area (Å²) in [6, 6.07) is 7.45. The number of rotatable bonds is 6. The number of ether oxygens (including phenoxy) is 1. The molecule has 0 unspecified atom stereocenters. The first-order valence-electron chi connectivity index (χ1n) is 9.47. The van der Waals surface area contributed by atoms with E-state index in [1.54, 1.807) is 36.5 Å². The predicted octanol–water partition coefficient (Wildman–Crippen LogP) is 2.44. The standard InChI is InChI=1S/C20H25N5O3/c1-2-28-20(27)25-10-6-16(7-11-25)24-19(26)18-12-17(5-9-22-18)23-14-15-4-3-8-21-13-15/h3-5,8-9,12-13,16H,2,6-7,10-11,14H2,1H3,(H,22,23)(H,24,26). The molecule has 2 aromatic rings. The normalized spacial score (nSPS) is 14.4. The van der Waals surface area contributed by atoms with Crippen LogP contribution in [0.2, 0.25) is 0 Å². The van der Waals surface area contributed by atoms with Crippen LogP contribution < -0.4 is 10.6 Å². The quantitative estimate of drug-likeness (QED) is 0.795. The molecule has 1 saturated heterocycles. The van der Waals surface area contributed by atoms with Crippen molar-refractivity contribution in [2.24, 2.45) is 0 Å². The van der Waals surface area contributed by atoms with Gasteiger partial charge in [0.25, 0.3) is 5.91 Å². The van der Waals surface area contributed by atoms with Crippen molar-refractivity contribution in [3.63, 3.8) is 0 Å². The van der Waals surface area contributed by atoms with Crippen molar-refractivity contribution in [2.45, 2.75) is 32.4 Å². The lowest BCUT2D eigenvalue weighted by Crippen LogP contribution is -2.46. The smallest absolute Gasteiger partial charge is 0.409 e. The molecule has 0 atom stereocenters. The largest absolute Gasteiger partial charge is 0.450 e. The van der Waals surface area contributed by atoms with Gasteiger partial charge in [-0.05, 0) is 43.5 Å². The lowest BCUT2D eigenvalue weighted by molar-refractivity contribution is 0.0856. The highest BCUT2D eigenvalue weighted by Gasteiger charge is 2.25. The molecule has 3 rings (SSSR count). The van der Waals surface area contributed by atoms with E-state index < -0.39 is 0 Å². The highest BCUT2D eigenvalue weighted by Crippen LogP contribution is 2.14. The molecule has 0 radical (unpaired) electrons. The molecule has 0 saturated carbocycles. The van der Waals surface area contributed by atoms with E-state index in [1.807, 2.05) is 18.2 Å². The fourth-order valence-corrected chi connectivity index (χ4v) is 3.05. The molecule has 0 aliphatic carbocycles. The molecule has 1 aliphatic heterocycles. The number of aromatic nitrogens is 2. The maximum absolute atomic E-state index is 12.5. The van der Waals surface area contributed by atoms with Crippen molar-refractivity contribution in [2.75, 3.05) is 25.0 Å². The van der Waals surface area contributed by atoms with Crippen LogP contribution >= 0.6 is 0 Å². The fraction of sp³-hybridized carbons (Fsp3) is 0.400. The van der Waals surface area contributed by atoms with E-state index in [4.69, 9.17) is 4.74 Å². The molecule has 28 heavy (non-hydrogen) atoms. The molecule has 0 spiro atoms. The van der Waals surface area contributed by atoms with Gasteiger partial charge in [-0.15, -0.1) is 0 Å². The van der Waals surface area contributed by atoms with Gasteiger partial charge in [0.15, 0.2) is 0 Å². The van der Waals surface area contributed by atoms with Crippen molar-refractivity contribution < 1.29 is 14.3 Å². The Balaban J connectivity index is 1.50. The number of hydrogen-bond donors (Lipinski definition) is 2. The van der Waals surface area contributed by atoms with E-state index in [0.29, 0.717) is 44.8 Å². The Morgan fingerprint density at radius 3 is 2.79 bits per heavy atom. The molecule has 3 heterocycles. The van der Waals surface area contributed by atoms with Crippen molar-refractivity contribution >= 4 is 17.7 Å². The second-order valence-corrected chi connectivity index (χ2v) is 6.58. The summed E-state index contributed by atoms with van der Waals surface area (Å²) < 4.78 is 5.01. The van der Waals surface area contributed by atoms with Crippen LogP contribution in [0.15, 0.2) is 42.9 Å². The van der Waals surface area contributed by atoms with Gasteiger partial charge < -0.3 is 20.3 Å². The Kier molecular flexibility index (Phi) is 6.78. The van der Waals surface area contributed by atoms with Crippen LogP contribution in [0.4, 0.5) is 10.5 Å². The van der Waals surface area contributed by atoms with Gasteiger partial charge in [-0.3, -0.25) is 14.8 Å². The van der Waals surface area contributed by atoms with Gasteiger partial charge in [0.1, 0.15) is 5.69 Å². The van der Waals surface area contributed by atoms with E-state index in [2.05, 4.69) is 20.6 Å². The van der Waals surface area contributed by atoms with Gasteiger partial charge in [-0.1, -0.05) is 6.07 Å². The van der Waals surface area contributed by atoms with Crippen LogP contribution in [0, 0.1) is 0 Å². The molecule has 2 aromatic heterocycles. The first-order valence-corrected chi connectivity index (χ1v) is 9.47. The Hall–Kier alpha value is -3.16. The molecule has 148 valence electrons. The third-order valence-corrected chi connectivity index (χ3v) is 4.57. The SMILES string of the molecule is CCOC(=O)N1CCC(NC(=O)c2cc(NCc3cccnc3)ccn2)CC1. The van der Waals surface area contributed by atoms with Crippen molar-refractivity contribution in [1.82, 2.24) is 20.2 Å². The number of amides is 2. The van der Waals surface area contributed by atoms with Crippen LogP contribution in [0.25, 0.3) is 0 Å². The highest BCUT2D eigenvalue weighted by atomic mass is 16.6. The molecule has 8 nitrogen and oxygen atoms in total. The summed E-state index contributed by atoms with van der Waals surface area (Å²) in [6.07, 6.45) is 6.25. The summed E-state index contributed by atoms with van der Waals surface area (Å²) in [5, 5.41) is 6.28. The van der Waals surface area contributed by atoms with Crippen LogP contribution in [0.3, 0.4) is 0 Å². The second-order valence-electron chi connectivity index (χ2n) is 6.58. The first kappa shape index (κ1) is 19.6. The fourth-order valence-electron chi connectivity index (χ4n) is 3.05. The van der Waals surface area contributed by atoms with Gasteiger partial charge in [-0.25, -0.2) is 4.79 Å². The van der Waals surface area contributed by atoms with Gasteiger partial charge in [0.2, 0.25) is 0 Å². The van der Waals surface area contributed by atoms with Crippen molar-refractivity contribution in [3.8, 4) is 0 Å². The molecular formula is C20H25N5O3. The molecule has 2 amide bonds. The Labute approximate surface area is 164 Å². The van der Waals surface area contributed by atoms with Crippen LogP contribution in [-0.2, 0) is 11.3 Å². The van der Waals surface area contributed by atoms with E-state index in [-0.39, 0.29) is 18.0 Å². The maximum atomic E-state index is 12.5. The van der Waals surface area contributed by atoms with Crippen molar-refractivity contribution in [1.29, 1.82) is 0 Å². The number of likely N-dealkylation sites (tertiary alicyclic amines) is 1. The van der Waals surface area contributed by atoms with Crippen LogP contribution in [-0.4, -0.2) is 52.6 Å².